The van der Waals surface area contributed by atoms with Gasteiger partial charge in [0.05, 0.1) is 4.14 Å². The van der Waals surface area contributed by atoms with Crippen molar-refractivity contribution in [3.05, 3.63) is 35.5 Å². The molecule has 0 saturated heterocycles. The predicted octanol–water partition coefficient (Wildman–Crippen LogP) is 2.59. The van der Waals surface area contributed by atoms with E-state index in [1.165, 1.54) is 0 Å². The molecular weight excluding hydrogens is 196 g/mol. The minimum atomic E-state index is 0.500. The van der Waals surface area contributed by atoms with E-state index >= 15 is 0 Å². The molecule has 0 amide bonds. The Hall–Kier alpha value is -0.900. The van der Waals surface area contributed by atoms with E-state index in [1.54, 1.807) is 24.3 Å². The molecule has 0 heterocycles. The summed E-state index contributed by atoms with van der Waals surface area (Å²) < 4.78 is 3.25. The Morgan fingerprint density at radius 1 is 1.30 bits per heavy atom. The van der Waals surface area contributed by atoms with E-state index in [0.717, 1.165) is 0 Å². The molecule has 0 saturated carbocycles. The Balaban J connectivity index is 2.96. The van der Waals surface area contributed by atoms with Crippen molar-refractivity contribution in [3.8, 4) is 0 Å². The van der Waals surface area contributed by atoms with Crippen molar-refractivity contribution in [2.24, 2.45) is 4.14 Å². The fourth-order valence-electron chi connectivity index (χ4n) is 0.599. The smallest absolute Gasteiger partial charge is 0.245 e. The normalized spacial score (nSPS) is 11.5. The van der Waals surface area contributed by atoms with Crippen molar-refractivity contribution in [2.75, 3.05) is 0 Å². The molecule has 0 fully saturated rings. The van der Waals surface area contributed by atoms with Crippen molar-refractivity contribution in [2.45, 2.75) is 0 Å². The number of rotatable bonds is 1. The molecule has 0 unspecified atom stereocenters. The Labute approximate surface area is 66.9 Å². The zero-order chi connectivity index (χ0) is 7.40. The van der Waals surface area contributed by atoms with Gasteiger partial charge in [0.1, 0.15) is 0 Å². The molecule has 1 rings (SSSR count). The van der Waals surface area contributed by atoms with Gasteiger partial charge < -0.3 is 5.21 Å². The Morgan fingerprint density at radius 2 is 1.90 bits per heavy atom. The van der Waals surface area contributed by atoms with Gasteiger partial charge in [-0.15, -0.1) is 0 Å². The molecule has 4 heteroatoms. The number of para-hydroxylation sites is 1. The topological polar surface area (TPSA) is 38.4 Å². The van der Waals surface area contributed by atoms with Gasteiger partial charge in [0.2, 0.25) is 5.69 Å². The zero-order valence-electron chi connectivity index (χ0n) is 5.07. The molecule has 1 aromatic carbocycles. The fraction of sp³-hybridized carbons (Fsp3) is 0. The van der Waals surface area contributed by atoms with Crippen LogP contribution >= 0.6 is 16.1 Å². The molecule has 1 aromatic rings. The van der Waals surface area contributed by atoms with Crippen LogP contribution in [-0.4, -0.2) is 4.86 Å². The molecule has 0 aliphatic carbocycles. The summed E-state index contributed by atoms with van der Waals surface area (Å²) in [4.78, 5) is 0.500. The average molecular weight is 201 g/mol. The highest BCUT2D eigenvalue weighted by Gasteiger charge is 1.97. The van der Waals surface area contributed by atoms with Crippen LogP contribution < -0.4 is 0 Å². The van der Waals surface area contributed by atoms with Gasteiger partial charge in [-0.25, -0.2) is 0 Å². The van der Waals surface area contributed by atoms with E-state index in [0.29, 0.717) is 10.5 Å². The van der Waals surface area contributed by atoms with Gasteiger partial charge in [0, 0.05) is 12.1 Å². The second kappa shape index (κ2) is 3.31. The lowest BCUT2D eigenvalue weighted by Crippen LogP contribution is -1.86. The summed E-state index contributed by atoms with van der Waals surface area (Å²) in [6, 6.07) is 8.75. The van der Waals surface area contributed by atoms with Crippen molar-refractivity contribution in [3.63, 3.8) is 0 Å². The maximum atomic E-state index is 10.7. The minimum Gasteiger partial charge on any atom is -0.593 e. The highest BCUT2D eigenvalue weighted by atomic mass is 79.9. The van der Waals surface area contributed by atoms with Crippen LogP contribution in [0.15, 0.2) is 34.5 Å². The van der Waals surface area contributed by atoms with Crippen LogP contribution in [0.4, 0.5) is 5.69 Å². The molecule has 0 radical (unpaired) electrons. The van der Waals surface area contributed by atoms with Gasteiger partial charge in [0.15, 0.2) is 16.1 Å². The van der Waals surface area contributed by atoms with Gasteiger partial charge in [-0.1, -0.05) is 18.2 Å². The summed E-state index contributed by atoms with van der Waals surface area (Å²) >= 11 is 2.69. The van der Waals surface area contributed by atoms with Crippen LogP contribution in [0.3, 0.4) is 0 Å². The highest BCUT2D eigenvalue weighted by molar-refractivity contribution is 9.08. The second-order valence-corrected chi connectivity index (χ2v) is 2.00. The van der Waals surface area contributed by atoms with Crippen LogP contribution in [0.2, 0.25) is 0 Å². The van der Waals surface area contributed by atoms with E-state index in [9.17, 15) is 5.21 Å². The third-order valence-electron chi connectivity index (χ3n) is 1.05. The summed E-state index contributed by atoms with van der Waals surface area (Å²) in [5, 5.41) is 10.7. The van der Waals surface area contributed by atoms with E-state index in [2.05, 4.69) is 20.3 Å². The number of nitrogens with zero attached hydrogens (tertiary/aromatic N) is 2. The summed E-state index contributed by atoms with van der Waals surface area (Å²) in [6.45, 7) is 0. The molecule has 0 aromatic heterocycles. The molecule has 10 heavy (non-hydrogen) atoms. The largest absolute Gasteiger partial charge is 0.593 e. The lowest BCUT2D eigenvalue weighted by atomic mass is 10.3. The van der Waals surface area contributed by atoms with Crippen molar-refractivity contribution in [1.29, 1.82) is 0 Å². The summed E-state index contributed by atoms with van der Waals surface area (Å²) in [6.07, 6.45) is 0. The standard InChI is InChI=1S/C6H5BrN2O/c7-8-9(10)6-4-2-1-3-5-6/h1-5H. The average Bonchev–Trinajstić information content (AvgIpc) is 2.05. The monoisotopic (exact) mass is 200 g/mol. The van der Waals surface area contributed by atoms with Gasteiger partial charge in [-0.3, -0.25) is 0 Å². The van der Waals surface area contributed by atoms with Crippen LogP contribution in [0.1, 0.15) is 0 Å². The van der Waals surface area contributed by atoms with Gasteiger partial charge in [0.25, 0.3) is 0 Å². The van der Waals surface area contributed by atoms with Gasteiger partial charge in [-0.05, 0) is 4.86 Å². The van der Waals surface area contributed by atoms with Crippen LogP contribution in [0, 0.1) is 5.21 Å². The lowest BCUT2D eigenvalue weighted by Gasteiger charge is -1.94. The molecule has 0 N–H and O–H groups in total. The van der Waals surface area contributed by atoms with Crippen molar-refractivity contribution >= 4 is 21.8 Å². The first-order chi connectivity index (χ1) is 4.84. The lowest BCUT2D eigenvalue weighted by molar-refractivity contribution is -0.427. The molecule has 52 valence electrons. The first kappa shape index (κ1) is 7.21. The Bertz CT molecular complexity index is 235. The maximum Gasteiger partial charge on any atom is 0.245 e. The first-order valence-corrected chi connectivity index (χ1v) is 3.40. The summed E-state index contributed by atoms with van der Waals surface area (Å²) in [5.74, 6) is 0. The molecular formula is C6H5BrN2O. The third-order valence-corrected chi connectivity index (χ3v) is 1.33. The number of hydrogen-bond donors (Lipinski definition) is 0. The first-order valence-electron chi connectivity index (χ1n) is 2.69. The van der Waals surface area contributed by atoms with Crippen LogP contribution in [-0.2, 0) is 0 Å². The van der Waals surface area contributed by atoms with Gasteiger partial charge >= 0.3 is 0 Å². The maximum absolute atomic E-state index is 10.7. The van der Waals surface area contributed by atoms with Crippen LogP contribution in [0.25, 0.3) is 0 Å². The molecule has 0 atom stereocenters. The van der Waals surface area contributed by atoms with Crippen molar-refractivity contribution in [1.82, 2.24) is 0 Å². The highest BCUT2D eigenvalue weighted by Crippen LogP contribution is 2.10. The quantitative estimate of drug-likeness (QED) is 0.391. The van der Waals surface area contributed by atoms with E-state index in [4.69, 9.17) is 0 Å². The van der Waals surface area contributed by atoms with E-state index in [1.807, 2.05) is 6.07 Å². The van der Waals surface area contributed by atoms with E-state index < -0.39 is 0 Å². The molecule has 3 nitrogen and oxygen atoms in total. The SMILES string of the molecule is [O-][N+](=NBr)c1ccccc1. The second-order valence-electron chi connectivity index (χ2n) is 1.68. The van der Waals surface area contributed by atoms with E-state index in [-0.39, 0.29) is 0 Å². The fourth-order valence-corrected chi connectivity index (χ4v) is 0.782. The molecule has 0 aliphatic rings. The van der Waals surface area contributed by atoms with Crippen molar-refractivity contribution < 1.29 is 4.86 Å². The molecule has 0 bridgehead atoms. The summed E-state index contributed by atoms with van der Waals surface area (Å²) in [5.41, 5.74) is 0.513. The predicted molar refractivity (Wildman–Crippen MR) is 41.1 cm³/mol. The summed E-state index contributed by atoms with van der Waals surface area (Å²) in [7, 11) is 0. The van der Waals surface area contributed by atoms with Gasteiger partial charge in [-0.2, -0.15) is 0 Å². The minimum absolute atomic E-state index is 0.500. The zero-order valence-corrected chi connectivity index (χ0v) is 6.65. The Morgan fingerprint density at radius 3 is 2.40 bits per heavy atom. The number of hydrogen-bond acceptors (Lipinski definition) is 2. The number of halogens is 1. The molecule has 0 spiro atoms. The third kappa shape index (κ3) is 1.54. The number of benzene rings is 1. The molecule has 0 aliphatic heterocycles. The van der Waals surface area contributed by atoms with Crippen LogP contribution in [0.5, 0.6) is 0 Å². The Kier molecular flexibility index (Phi) is 2.39.